The third-order valence-electron chi connectivity index (χ3n) is 3.31. The van der Waals surface area contributed by atoms with Crippen LogP contribution in [0.5, 0.6) is 0 Å². The Morgan fingerprint density at radius 1 is 1.32 bits per heavy atom. The Balaban J connectivity index is 2.21. The molecule has 22 heavy (non-hydrogen) atoms. The van der Waals surface area contributed by atoms with E-state index in [0.29, 0.717) is 21.9 Å². The van der Waals surface area contributed by atoms with E-state index in [-0.39, 0.29) is 18.9 Å². The van der Waals surface area contributed by atoms with Crippen LogP contribution in [0.2, 0.25) is 5.02 Å². The van der Waals surface area contributed by atoms with E-state index in [4.69, 9.17) is 21.1 Å². The monoisotopic (exact) mass is 323 g/mol. The zero-order chi connectivity index (χ0) is 16.5. The van der Waals surface area contributed by atoms with Gasteiger partial charge in [-0.15, -0.1) is 0 Å². The molecule has 0 aliphatic carbocycles. The van der Waals surface area contributed by atoms with Crippen LogP contribution in [0.15, 0.2) is 22.6 Å². The number of carboxylic acid groups (broad SMARTS) is 1. The number of benzene rings is 1. The zero-order valence-electron chi connectivity index (χ0n) is 12.7. The van der Waals surface area contributed by atoms with Crippen molar-refractivity contribution >= 4 is 34.4 Å². The minimum Gasteiger partial charge on any atom is -0.481 e. The number of carbonyl (C=O) groups is 2. The fraction of sp³-hybridized carbons (Fsp3) is 0.375. The van der Waals surface area contributed by atoms with Crippen LogP contribution in [0.1, 0.15) is 36.4 Å². The van der Waals surface area contributed by atoms with E-state index in [1.54, 1.807) is 32.9 Å². The maximum absolute atomic E-state index is 12.4. The van der Waals surface area contributed by atoms with Crippen molar-refractivity contribution in [3.05, 3.63) is 34.5 Å². The van der Waals surface area contributed by atoms with E-state index in [0.717, 1.165) is 5.39 Å². The number of furan rings is 1. The molecule has 2 N–H and O–H groups in total. The number of carbonyl (C=O) groups excluding carboxylic acids is 1. The highest BCUT2D eigenvalue weighted by Gasteiger charge is 2.24. The number of aryl methyl sites for hydroxylation is 1. The molecule has 1 heterocycles. The highest BCUT2D eigenvalue weighted by atomic mass is 35.5. The van der Waals surface area contributed by atoms with Gasteiger partial charge in [-0.3, -0.25) is 9.59 Å². The molecule has 0 spiro atoms. The first-order chi connectivity index (χ1) is 10.2. The van der Waals surface area contributed by atoms with Crippen molar-refractivity contribution in [2.75, 3.05) is 6.54 Å². The van der Waals surface area contributed by atoms with Crippen LogP contribution in [0.25, 0.3) is 11.0 Å². The summed E-state index contributed by atoms with van der Waals surface area (Å²) in [5.41, 5.74) is 0.287. The number of nitrogens with one attached hydrogen (secondary N) is 1. The normalized spacial score (nSPS) is 11.6. The molecule has 2 aromatic rings. The molecule has 0 bridgehead atoms. The summed E-state index contributed by atoms with van der Waals surface area (Å²) >= 11 is 6.04. The van der Waals surface area contributed by atoms with E-state index in [1.165, 1.54) is 0 Å². The number of halogens is 1. The van der Waals surface area contributed by atoms with Crippen molar-refractivity contribution in [3.8, 4) is 0 Å². The van der Waals surface area contributed by atoms with E-state index in [2.05, 4.69) is 5.32 Å². The van der Waals surface area contributed by atoms with Crippen LogP contribution >= 0.6 is 11.6 Å². The maximum Gasteiger partial charge on any atom is 0.303 e. The van der Waals surface area contributed by atoms with Crippen LogP contribution in [0.3, 0.4) is 0 Å². The Hall–Kier alpha value is -2.01. The first-order valence-electron chi connectivity index (χ1n) is 6.88. The molecule has 1 aromatic heterocycles. The molecule has 0 radical (unpaired) electrons. The summed E-state index contributed by atoms with van der Waals surface area (Å²) in [5.74, 6) is -0.538. The lowest BCUT2D eigenvalue weighted by Crippen LogP contribution is -2.35. The molecule has 0 unspecified atom stereocenters. The van der Waals surface area contributed by atoms with Gasteiger partial charge >= 0.3 is 5.97 Å². The van der Waals surface area contributed by atoms with Gasteiger partial charge in [-0.05, 0) is 30.5 Å². The number of aliphatic carboxylic acids is 1. The van der Waals surface area contributed by atoms with Gasteiger partial charge in [0.05, 0.1) is 12.0 Å². The van der Waals surface area contributed by atoms with Crippen molar-refractivity contribution in [2.45, 2.75) is 27.2 Å². The number of amides is 1. The summed E-state index contributed by atoms with van der Waals surface area (Å²) in [7, 11) is 0. The van der Waals surface area contributed by atoms with Crippen LogP contribution in [0.4, 0.5) is 0 Å². The van der Waals surface area contributed by atoms with Crippen LogP contribution in [0, 0.1) is 12.3 Å². The SMILES string of the molecule is Cc1cc2cc(Cl)cc(C(=O)NCC(C)(C)CC(=O)O)c2o1. The Bertz CT molecular complexity index is 733. The molecule has 6 heteroatoms. The quantitative estimate of drug-likeness (QED) is 0.880. The lowest BCUT2D eigenvalue weighted by atomic mass is 9.89. The fourth-order valence-corrected chi connectivity index (χ4v) is 2.53. The van der Waals surface area contributed by atoms with Gasteiger partial charge in [0.15, 0.2) is 0 Å². The second-order valence-electron chi connectivity index (χ2n) is 6.15. The van der Waals surface area contributed by atoms with Crippen LogP contribution < -0.4 is 5.32 Å². The first kappa shape index (κ1) is 16.4. The predicted octanol–water partition coefficient (Wildman–Crippen LogP) is 3.63. The summed E-state index contributed by atoms with van der Waals surface area (Å²) in [6, 6.07) is 5.09. The molecule has 2 rings (SSSR count). The molecular formula is C16H18ClNO4. The molecule has 0 atom stereocenters. The largest absolute Gasteiger partial charge is 0.481 e. The molecule has 0 saturated carbocycles. The number of rotatable bonds is 5. The van der Waals surface area contributed by atoms with Gasteiger partial charge in [0.25, 0.3) is 5.91 Å². The number of hydrogen-bond acceptors (Lipinski definition) is 3. The van der Waals surface area contributed by atoms with Gasteiger partial charge in [0.2, 0.25) is 0 Å². The zero-order valence-corrected chi connectivity index (χ0v) is 13.5. The standard InChI is InChI=1S/C16H18ClNO4/c1-9-4-10-5-11(17)6-12(14(10)22-9)15(21)18-8-16(2,3)7-13(19)20/h4-6H,7-8H2,1-3H3,(H,18,21)(H,19,20). The molecule has 118 valence electrons. The van der Waals surface area contributed by atoms with Crippen LogP contribution in [-0.2, 0) is 4.79 Å². The molecular weight excluding hydrogens is 306 g/mol. The summed E-state index contributed by atoms with van der Waals surface area (Å²) in [6.07, 6.45) is -0.0297. The van der Waals surface area contributed by atoms with E-state index in [1.807, 2.05) is 6.07 Å². The third kappa shape index (κ3) is 3.80. The Morgan fingerprint density at radius 3 is 2.64 bits per heavy atom. The van der Waals surface area contributed by atoms with Crippen molar-refractivity contribution in [1.82, 2.24) is 5.32 Å². The van der Waals surface area contributed by atoms with Crippen molar-refractivity contribution in [1.29, 1.82) is 0 Å². The fourth-order valence-electron chi connectivity index (χ4n) is 2.30. The Morgan fingerprint density at radius 2 is 2.00 bits per heavy atom. The molecule has 1 aromatic carbocycles. The van der Waals surface area contributed by atoms with Crippen molar-refractivity contribution in [2.24, 2.45) is 5.41 Å². The average Bonchev–Trinajstić information content (AvgIpc) is 2.73. The first-order valence-corrected chi connectivity index (χ1v) is 7.25. The minimum atomic E-state index is -0.897. The molecule has 0 aliphatic rings. The Labute approximate surface area is 133 Å². The minimum absolute atomic E-state index is 0.0297. The van der Waals surface area contributed by atoms with Gasteiger partial charge in [0.1, 0.15) is 11.3 Å². The lowest BCUT2D eigenvalue weighted by molar-refractivity contribution is -0.139. The van der Waals surface area contributed by atoms with Gasteiger partial charge in [-0.25, -0.2) is 0 Å². The second kappa shape index (κ2) is 6.01. The van der Waals surface area contributed by atoms with Crippen molar-refractivity contribution in [3.63, 3.8) is 0 Å². The summed E-state index contributed by atoms with van der Waals surface area (Å²) in [6.45, 7) is 5.61. The van der Waals surface area contributed by atoms with Crippen molar-refractivity contribution < 1.29 is 19.1 Å². The third-order valence-corrected chi connectivity index (χ3v) is 3.52. The van der Waals surface area contributed by atoms with Gasteiger partial charge in [-0.1, -0.05) is 25.4 Å². The van der Waals surface area contributed by atoms with Gasteiger partial charge in [-0.2, -0.15) is 0 Å². The topological polar surface area (TPSA) is 79.5 Å². The Kier molecular flexibility index (Phi) is 4.47. The van der Waals surface area contributed by atoms with Gasteiger partial charge < -0.3 is 14.8 Å². The predicted molar refractivity (Wildman–Crippen MR) is 84.3 cm³/mol. The number of fused-ring (bicyclic) bond motifs is 1. The van der Waals surface area contributed by atoms with Gasteiger partial charge in [0, 0.05) is 17.0 Å². The van der Waals surface area contributed by atoms with E-state index >= 15 is 0 Å². The second-order valence-corrected chi connectivity index (χ2v) is 6.58. The molecule has 0 saturated heterocycles. The summed E-state index contributed by atoms with van der Waals surface area (Å²) in [4.78, 5) is 23.2. The summed E-state index contributed by atoms with van der Waals surface area (Å²) < 4.78 is 5.56. The molecule has 0 aliphatic heterocycles. The van der Waals surface area contributed by atoms with Crippen LogP contribution in [-0.4, -0.2) is 23.5 Å². The summed E-state index contributed by atoms with van der Waals surface area (Å²) in [5, 5.41) is 12.8. The smallest absolute Gasteiger partial charge is 0.303 e. The maximum atomic E-state index is 12.4. The van der Waals surface area contributed by atoms with E-state index < -0.39 is 11.4 Å². The molecule has 5 nitrogen and oxygen atoms in total. The highest BCUT2D eigenvalue weighted by molar-refractivity contribution is 6.32. The average molecular weight is 324 g/mol. The number of hydrogen-bond donors (Lipinski definition) is 2. The molecule has 1 amide bonds. The number of carboxylic acids is 1. The van der Waals surface area contributed by atoms with E-state index in [9.17, 15) is 9.59 Å². The molecule has 0 fully saturated rings. The lowest BCUT2D eigenvalue weighted by Gasteiger charge is -2.22. The highest BCUT2D eigenvalue weighted by Crippen LogP contribution is 2.27.